The molecule has 1 atom stereocenters. The van der Waals surface area contributed by atoms with Crippen molar-refractivity contribution < 1.29 is 14.0 Å². The van der Waals surface area contributed by atoms with E-state index in [-0.39, 0.29) is 12.8 Å². The molecule has 0 saturated carbocycles. The zero-order chi connectivity index (χ0) is 17.9. The van der Waals surface area contributed by atoms with Gasteiger partial charge in [0.2, 0.25) is 0 Å². The maximum absolute atomic E-state index is 12.2. The zero-order valence-electron chi connectivity index (χ0n) is 14.9. The molecule has 0 aromatic heterocycles. The van der Waals surface area contributed by atoms with Gasteiger partial charge in [0.1, 0.15) is 0 Å². The predicted octanol–water partition coefficient (Wildman–Crippen LogP) is 6.06. The number of benzene rings is 3. The second-order valence-electron chi connectivity index (χ2n) is 6.45. The van der Waals surface area contributed by atoms with Crippen LogP contribution in [0.2, 0.25) is 0 Å². The lowest BCUT2D eigenvalue weighted by atomic mass is 9.96. The van der Waals surface area contributed by atoms with Crippen LogP contribution in [0.25, 0.3) is 21.5 Å². The first kappa shape index (κ1) is 18.1. The van der Waals surface area contributed by atoms with Crippen molar-refractivity contribution in [3.8, 4) is 0 Å². The summed E-state index contributed by atoms with van der Waals surface area (Å²) >= 11 is 0. The van der Waals surface area contributed by atoms with Crippen LogP contribution in [0.4, 0.5) is 0 Å². The van der Waals surface area contributed by atoms with E-state index in [0.717, 1.165) is 22.8 Å². The lowest BCUT2D eigenvalue weighted by Crippen LogP contribution is -1.94. The van der Waals surface area contributed by atoms with Gasteiger partial charge in [0, 0.05) is 0 Å². The second kappa shape index (κ2) is 7.70. The van der Waals surface area contributed by atoms with E-state index in [2.05, 4.69) is 43.3 Å². The summed E-state index contributed by atoms with van der Waals surface area (Å²) < 4.78 is 17.2. The topological polar surface area (TPSA) is 46.5 Å². The molecule has 0 spiro atoms. The van der Waals surface area contributed by atoms with Crippen molar-refractivity contribution in [2.24, 2.45) is 0 Å². The Balaban J connectivity index is 2.05. The minimum atomic E-state index is -3.60. The summed E-state index contributed by atoms with van der Waals surface area (Å²) in [5, 5.41) is 4.54. The molecule has 0 heterocycles. The fourth-order valence-electron chi connectivity index (χ4n) is 3.35. The van der Waals surface area contributed by atoms with Crippen LogP contribution in [0.1, 0.15) is 37.8 Å². The highest BCUT2D eigenvalue weighted by Crippen LogP contribution is 2.46. The van der Waals surface area contributed by atoms with Gasteiger partial charge in [0.15, 0.2) is 0 Å². The SMILES string of the molecule is CCCCc1ccc2c(ccc3c(CP(=O)(O)OCC)cccc32)c1. The monoisotopic (exact) mass is 356 g/mol. The molecule has 1 N–H and O–H groups in total. The van der Waals surface area contributed by atoms with Gasteiger partial charge in [-0.25, -0.2) is 0 Å². The van der Waals surface area contributed by atoms with Gasteiger partial charge in [-0.1, -0.05) is 61.9 Å². The first-order valence-electron chi connectivity index (χ1n) is 8.93. The molecular weight excluding hydrogens is 331 g/mol. The van der Waals surface area contributed by atoms with Crippen molar-refractivity contribution in [1.82, 2.24) is 0 Å². The van der Waals surface area contributed by atoms with Crippen LogP contribution in [-0.4, -0.2) is 11.5 Å². The summed E-state index contributed by atoms with van der Waals surface area (Å²) in [7, 11) is -3.60. The third-order valence-electron chi connectivity index (χ3n) is 4.55. The highest BCUT2D eigenvalue weighted by atomic mass is 31.2. The molecule has 0 bridgehead atoms. The first-order valence-corrected chi connectivity index (χ1v) is 10.7. The molecule has 0 aliphatic rings. The van der Waals surface area contributed by atoms with Gasteiger partial charge in [-0.15, -0.1) is 0 Å². The normalized spacial score (nSPS) is 14.0. The number of hydrogen-bond donors (Lipinski definition) is 1. The number of fused-ring (bicyclic) bond motifs is 3. The molecule has 3 aromatic carbocycles. The smallest absolute Gasteiger partial charge is 0.324 e. The van der Waals surface area contributed by atoms with Crippen LogP contribution >= 0.6 is 7.60 Å². The molecule has 0 aliphatic carbocycles. The van der Waals surface area contributed by atoms with E-state index < -0.39 is 7.60 Å². The molecule has 0 radical (unpaired) electrons. The zero-order valence-corrected chi connectivity index (χ0v) is 15.8. The van der Waals surface area contributed by atoms with Crippen LogP contribution < -0.4 is 0 Å². The quantitative estimate of drug-likeness (QED) is 0.413. The average molecular weight is 356 g/mol. The average Bonchev–Trinajstić information content (AvgIpc) is 2.59. The number of rotatable bonds is 7. The summed E-state index contributed by atoms with van der Waals surface area (Å²) in [4.78, 5) is 9.99. The van der Waals surface area contributed by atoms with Gasteiger partial charge < -0.3 is 9.42 Å². The molecule has 4 heteroatoms. The van der Waals surface area contributed by atoms with Crippen molar-refractivity contribution in [3.63, 3.8) is 0 Å². The van der Waals surface area contributed by atoms with Crippen molar-refractivity contribution in [2.45, 2.75) is 39.3 Å². The Kier molecular flexibility index (Phi) is 5.58. The molecule has 3 nitrogen and oxygen atoms in total. The van der Waals surface area contributed by atoms with Gasteiger partial charge in [-0.05, 0) is 52.4 Å². The van der Waals surface area contributed by atoms with E-state index in [1.54, 1.807) is 6.92 Å². The molecule has 132 valence electrons. The third-order valence-corrected chi connectivity index (χ3v) is 5.95. The van der Waals surface area contributed by atoms with E-state index in [0.29, 0.717) is 0 Å². The van der Waals surface area contributed by atoms with Crippen LogP contribution in [0.15, 0.2) is 48.5 Å². The fourth-order valence-corrected chi connectivity index (χ4v) is 4.55. The molecule has 0 saturated heterocycles. The maximum atomic E-state index is 12.2. The van der Waals surface area contributed by atoms with Gasteiger partial charge >= 0.3 is 7.60 Å². The Labute approximate surface area is 149 Å². The molecule has 0 aliphatic heterocycles. The van der Waals surface area contributed by atoms with Crippen molar-refractivity contribution in [2.75, 3.05) is 6.61 Å². The van der Waals surface area contributed by atoms with Gasteiger partial charge in [-0.3, -0.25) is 4.57 Å². The Bertz CT molecular complexity index is 933. The summed E-state index contributed by atoms with van der Waals surface area (Å²) in [5.41, 5.74) is 2.22. The van der Waals surface area contributed by atoms with Crippen molar-refractivity contribution in [3.05, 3.63) is 59.7 Å². The van der Waals surface area contributed by atoms with Crippen LogP contribution in [-0.2, 0) is 21.7 Å². The minimum Gasteiger partial charge on any atom is -0.324 e. The lowest BCUT2D eigenvalue weighted by molar-refractivity contribution is 0.273. The highest BCUT2D eigenvalue weighted by molar-refractivity contribution is 7.52. The molecule has 0 fully saturated rings. The van der Waals surface area contributed by atoms with E-state index in [1.807, 2.05) is 12.1 Å². The summed E-state index contributed by atoms with van der Waals surface area (Å²) in [6.45, 7) is 4.18. The fraction of sp³-hybridized carbons (Fsp3) is 0.333. The highest BCUT2D eigenvalue weighted by Gasteiger charge is 2.20. The standard InChI is InChI=1S/C21H25O3P/c1-3-5-7-16-10-12-19-17(14-16)11-13-20-18(8-6-9-21(19)20)15-25(22,23)24-4-2/h6,8-14H,3-5,7,15H2,1-2H3,(H,22,23). The second-order valence-corrected chi connectivity index (χ2v) is 8.30. The largest absolute Gasteiger partial charge is 0.332 e. The number of aryl methyl sites for hydroxylation is 1. The molecular formula is C21H25O3P. The Morgan fingerprint density at radius 2 is 1.80 bits per heavy atom. The Morgan fingerprint density at radius 1 is 1.00 bits per heavy atom. The number of hydrogen-bond acceptors (Lipinski definition) is 2. The van der Waals surface area contributed by atoms with Crippen LogP contribution in [0.3, 0.4) is 0 Å². The predicted molar refractivity (Wildman–Crippen MR) is 105 cm³/mol. The third kappa shape index (κ3) is 4.12. The molecule has 3 rings (SSSR count). The van der Waals surface area contributed by atoms with Crippen molar-refractivity contribution >= 4 is 29.1 Å². The van der Waals surface area contributed by atoms with Gasteiger partial charge in [0.25, 0.3) is 0 Å². The van der Waals surface area contributed by atoms with Crippen molar-refractivity contribution in [1.29, 1.82) is 0 Å². The minimum absolute atomic E-state index is 0.0400. The summed E-state index contributed by atoms with van der Waals surface area (Å²) in [5.74, 6) is 0. The van der Waals surface area contributed by atoms with E-state index in [9.17, 15) is 9.46 Å². The van der Waals surface area contributed by atoms with Gasteiger partial charge in [-0.2, -0.15) is 0 Å². The lowest BCUT2D eigenvalue weighted by Gasteiger charge is -2.14. The van der Waals surface area contributed by atoms with E-state index in [4.69, 9.17) is 4.52 Å². The number of unbranched alkanes of at least 4 members (excludes halogenated alkanes) is 1. The molecule has 3 aromatic rings. The summed E-state index contributed by atoms with van der Waals surface area (Å²) in [6, 6.07) is 16.7. The van der Waals surface area contributed by atoms with E-state index >= 15 is 0 Å². The Hall–Kier alpha value is -1.67. The Morgan fingerprint density at radius 3 is 2.56 bits per heavy atom. The van der Waals surface area contributed by atoms with Gasteiger partial charge in [0.05, 0.1) is 12.8 Å². The molecule has 25 heavy (non-hydrogen) atoms. The first-order chi connectivity index (χ1) is 12.0. The molecule has 1 unspecified atom stereocenters. The molecule has 0 amide bonds. The van der Waals surface area contributed by atoms with Crippen LogP contribution in [0.5, 0.6) is 0 Å². The maximum Gasteiger partial charge on any atom is 0.332 e. The van der Waals surface area contributed by atoms with Crippen LogP contribution in [0, 0.1) is 0 Å². The summed E-state index contributed by atoms with van der Waals surface area (Å²) in [6.07, 6.45) is 3.54. The van der Waals surface area contributed by atoms with E-state index in [1.165, 1.54) is 29.2 Å².